The van der Waals surface area contributed by atoms with Crippen molar-refractivity contribution in [1.82, 2.24) is 19.1 Å². The number of benzene rings is 8. The number of para-hydroxylation sites is 2. The number of rotatable bonds is 4. The number of thiophene rings is 1. The van der Waals surface area contributed by atoms with Gasteiger partial charge < -0.3 is 4.57 Å². The summed E-state index contributed by atoms with van der Waals surface area (Å²) < 4.78 is 7.35. The van der Waals surface area contributed by atoms with Gasteiger partial charge in [0.1, 0.15) is 5.82 Å². The lowest BCUT2D eigenvalue weighted by Crippen LogP contribution is -2.02. The van der Waals surface area contributed by atoms with Crippen molar-refractivity contribution in [2.24, 2.45) is 0 Å². The largest absolute Gasteiger partial charge is 0.309 e. The zero-order valence-corrected chi connectivity index (χ0v) is 30.3. The summed E-state index contributed by atoms with van der Waals surface area (Å²) in [6.07, 6.45) is 0. The highest BCUT2D eigenvalue weighted by atomic mass is 32.1. The van der Waals surface area contributed by atoms with Gasteiger partial charge in [-0.05, 0) is 41.8 Å². The van der Waals surface area contributed by atoms with Crippen LogP contribution in [-0.4, -0.2) is 19.1 Å². The Morgan fingerprint density at radius 1 is 0.400 bits per heavy atom. The number of fused-ring (bicyclic) bond motifs is 11. The summed E-state index contributed by atoms with van der Waals surface area (Å²) in [7, 11) is 0. The van der Waals surface area contributed by atoms with Gasteiger partial charge in [-0.1, -0.05) is 140 Å². The van der Waals surface area contributed by atoms with E-state index in [1.165, 1.54) is 69.2 Å². The van der Waals surface area contributed by atoms with Crippen LogP contribution in [0.25, 0.3) is 109 Å². The SMILES string of the molecule is c1ccc(-c2cc(-n3c4ccccc4c4c5sc6cc7c(cc6c5ccc43)c3ccccc3n7-c3cccc4ccccc34)nc(-c3ccccc3)n2)cc1. The molecule has 0 radical (unpaired) electrons. The van der Waals surface area contributed by atoms with Crippen molar-refractivity contribution in [3.63, 3.8) is 0 Å². The lowest BCUT2D eigenvalue weighted by atomic mass is 10.1. The van der Waals surface area contributed by atoms with Crippen LogP contribution < -0.4 is 0 Å². The summed E-state index contributed by atoms with van der Waals surface area (Å²) in [4.78, 5) is 10.4. The number of aromatic nitrogens is 4. The van der Waals surface area contributed by atoms with E-state index in [-0.39, 0.29) is 0 Å². The van der Waals surface area contributed by atoms with Crippen LogP contribution in [0, 0.1) is 0 Å². The fourth-order valence-corrected chi connectivity index (χ4v) is 9.95. The van der Waals surface area contributed by atoms with Crippen molar-refractivity contribution in [2.75, 3.05) is 0 Å². The van der Waals surface area contributed by atoms with Gasteiger partial charge in [0.2, 0.25) is 0 Å². The molecule has 0 bridgehead atoms. The molecule has 0 spiro atoms. The van der Waals surface area contributed by atoms with E-state index in [9.17, 15) is 0 Å². The summed E-state index contributed by atoms with van der Waals surface area (Å²) >= 11 is 1.89. The molecule has 4 aromatic heterocycles. The molecule has 0 atom stereocenters. The Labute approximate surface area is 319 Å². The van der Waals surface area contributed by atoms with Gasteiger partial charge in [0.05, 0.1) is 33.4 Å². The number of hydrogen-bond acceptors (Lipinski definition) is 3. The Morgan fingerprint density at radius 3 is 1.89 bits per heavy atom. The average molecular weight is 719 g/mol. The highest BCUT2D eigenvalue weighted by Crippen LogP contribution is 2.46. The van der Waals surface area contributed by atoms with Crippen LogP contribution in [-0.2, 0) is 0 Å². The molecular formula is C50H30N4S. The molecule has 0 saturated heterocycles. The Kier molecular flexibility index (Phi) is 6.47. The van der Waals surface area contributed by atoms with Crippen LogP contribution in [0.5, 0.6) is 0 Å². The molecule has 12 aromatic rings. The standard InChI is InChI=1S/C50H30N4S/c1-3-15-32(16-4-1)40-29-47(52-50(51-40)33-17-5-2-6-18-33)54-43-24-12-10-22-37(43)48-44(54)27-26-36-39-28-38-35-21-9-11-23-42(35)53(45(38)30-46(39)55-49(36)48)41-25-13-19-31-14-7-8-20-34(31)41/h1-30H. The first kappa shape index (κ1) is 30.4. The van der Waals surface area contributed by atoms with Crippen molar-refractivity contribution in [3.05, 3.63) is 182 Å². The molecule has 8 aromatic carbocycles. The van der Waals surface area contributed by atoms with E-state index in [2.05, 4.69) is 167 Å². The number of hydrogen-bond donors (Lipinski definition) is 0. The van der Waals surface area contributed by atoms with Crippen molar-refractivity contribution in [2.45, 2.75) is 0 Å². The Hall–Kier alpha value is -7.08. The molecule has 4 nitrogen and oxygen atoms in total. The maximum Gasteiger partial charge on any atom is 0.162 e. The zero-order valence-electron chi connectivity index (χ0n) is 29.5. The maximum atomic E-state index is 5.27. The molecule has 0 fully saturated rings. The van der Waals surface area contributed by atoms with Gasteiger partial charge in [-0.25, -0.2) is 9.97 Å². The average Bonchev–Trinajstić information content (AvgIpc) is 3.90. The molecule has 0 aliphatic rings. The first-order chi connectivity index (χ1) is 27.3. The van der Waals surface area contributed by atoms with Gasteiger partial charge in [0.15, 0.2) is 5.82 Å². The lowest BCUT2D eigenvalue weighted by Gasteiger charge is -2.12. The van der Waals surface area contributed by atoms with Gasteiger partial charge in [-0.3, -0.25) is 4.57 Å². The molecule has 256 valence electrons. The Balaban J connectivity index is 1.15. The minimum Gasteiger partial charge on any atom is -0.309 e. The third-order valence-electron chi connectivity index (χ3n) is 11.1. The predicted octanol–water partition coefficient (Wildman–Crippen LogP) is 13.5. The van der Waals surface area contributed by atoms with Crippen molar-refractivity contribution in [1.29, 1.82) is 0 Å². The van der Waals surface area contributed by atoms with Gasteiger partial charge in [-0.15, -0.1) is 11.3 Å². The summed E-state index contributed by atoms with van der Waals surface area (Å²) in [5.74, 6) is 1.55. The van der Waals surface area contributed by atoms with Crippen LogP contribution in [0.3, 0.4) is 0 Å². The van der Waals surface area contributed by atoms with E-state index in [0.717, 1.165) is 33.7 Å². The summed E-state index contributed by atoms with van der Waals surface area (Å²) in [5.41, 5.74) is 8.83. The van der Waals surface area contributed by atoms with E-state index in [0.29, 0.717) is 5.82 Å². The van der Waals surface area contributed by atoms with E-state index < -0.39 is 0 Å². The van der Waals surface area contributed by atoms with E-state index in [1.54, 1.807) is 0 Å². The van der Waals surface area contributed by atoms with Crippen LogP contribution >= 0.6 is 11.3 Å². The van der Waals surface area contributed by atoms with Gasteiger partial charge in [0.25, 0.3) is 0 Å². The van der Waals surface area contributed by atoms with Crippen LogP contribution in [0.2, 0.25) is 0 Å². The molecule has 0 aliphatic carbocycles. The first-order valence-electron chi connectivity index (χ1n) is 18.6. The van der Waals surface area contributed by atoms with Crippen LogP contribution in [0.15, 0.2) is 182 Å². The predicted molar refractivity (Wildman–Crippen MR) is 232 cm³/mol. The normalized spacial score (nSPS) is 12.0. The zero-order chi connectivity index (χ0) is 36.0. The second kappa shape index (κ2) is 11.7. The third-order valence-corrected chi connectivity index (χ3v) is 12.3. The smallest absolute Gasteiger partial charge is 0.162 e. The van der Waals surface area contributed by atoms with Gasteiger partial charge in [0, 0.05) is 64.3 Å². The molecule has 0 unspecified atom stereocenters. The van der Waals surface area contributed by atoms with E-state index >= 15 is 0 Å². The lowest BCUT2D eigenvalue weighted by molar-refractivity contribution is 1.05. The van der Waals surface area contributed by atoms with Crippen molar-refractivity contribution >= 4 is 85.9 Å². The van der Waals surface area contributed by atoms with Crippen molar-refractivity contribution < 1.29 is 0 Å². The molecule has 55 heavy (non-hydrogen) atoms. The minimum atomic E-state index is 0.705. The Morgan fingerprint density at radius 2 is 1.07 bits per heavy atom. The fraction of sp³-hybridized carbons (Fsp3) is 0. The molecule has 12 rings (SSSR count). The minimum absolute atomic E-state index is 0.705. The monoisotopic (exact) mass is 718 g/mol. The quantitative estimate of drug-likeness (QED) is 0.182. The molecule has 0 amide bonds. The topological polar surface area (TPSA) is 35.6 Å². The van der Waals surface area contributed by atoms with Crippen LogP contribution in [0.1, 0.15) is 0 Å². The third kappa shape index (κ3) is 4.51. The highest BCUT2D eigenvalue weighted by Gasteiger charge is 2.22. The van der Waals surface area contributed by atoms with Gasteiger partial charge >= 0.3 is 0 Å². The molecule has 0 saturated carbocycles. The molecule has 0 N–H and O–H groups in total. The van der Waals surface area contributed by atoms with Crippen LogP contribution in [0.4, 0.5) is 0 Å². The Bertz CT molecular complexity index is 3420. The summed E-state index contributed by atoms with van der Waals surface area (Å²) in [6, 6.07) is 65.2. The van der Waals surface area contributed by atoms with Gasteiger partial charge in [-0.2, -0.15) is 0 Å². The first-order valence-corrected chi connectivity index (χ1v) is 19.4. The molecule has 4 heterocycles. The maximum absolute atomic E-state index is 5.27. The molecule has 0 aliphatic heterocycles. The molecular weight excluding hydrogens is 689 g/mol. The second-order valence-corrected chi connectivity index (χ2v) is 15.2. The van der Waals surface area contributed by atoms with E-state index in [1.807, 2.05) is 35.6 Å². The fourth-order valence-electron chi connectivity index (χ4n) is 8.68. The number of nitrogens with zero attached hydrogens (tertiary/aromatic N) is 4. The summed E-state index contributed by atoms with van der Waals surface area (Å²) in [6.45, 7) is 0. The molecule has 5 heteroatoms. The second-order valence-electron chi connectivity index (χ2n) is 14.2. The highest BCUT2D eigenvalue weighted by molar-refractivity contribution is 7.26. The van der Waals surface area contributed by atoms with E-state index in [4.69, 9.17) is 9.97 Å². The summed E-state index contributed by atoms with van der Waals surface area (Å²) in [5, 5.41) is 10.0. The van der Waals surface area contributed by atoms with Crippen molar-refractivity contribution in [3.8, 4) is 34.2 Å².